The van der Waals surface area contributed by atoms with E-state index in [1.165, 1.54) is 12.0 Å². The molecule has 1 aliphatic rings. The summed E-state index contributed by atoms with van der Waals surface area (Å²) in [5.41, 5.74) is 2.37. The van der Waals surface area contributed by atoms with Gasteiger partial charge in [-0.15, -0.1) is 0 Å². The smallest absolute Gasteiger partial charge is 0.220 e. The van der Waals surface area contributed by atoms with Crippen molar-refractivity contribution in [3.05, 3.63) is 65.7 Å². The third kappa shape index (κ3) is 6.19. The number of ether oxygens (including phenoxy) is 1. The first kappa shape index (κ1) is 18.5. The summed E-state index contributed by atoms with van der Waals surface area (Å²) in [6, 6.07) is 18.3. The molecule has 1 unspecified atom stereocenters. The van der Waals surface area contributed by atoms with Crippen molar-refractivity contribution in [2.45, 2.75) is 32.3 Å². The van der Waals surface area contributed by atoms with Gasteiger partial charge in [0, 0.05) is 13.0 Å². The fraction of sp³-hybridized carbons (Fsp3) is 0.409. The molecule has 4 heteroatoms. The van der Waals surface area contributed by atoms with E-state index in [0.29, 0.717) is 25.5 Å². The van der Waals surface area contributed by atoms with Gasteiger partial charge >= 0.3 is 0 Å². The monoisotopic (exact) mass is 352 g/mol. The first-order valence-corrected chi connectivity index (χ1v) is 9.53. The standard InChI is InChI=1S/C22H28N2O2/c25-22(11-8-19-12-14-23-16-19)24-15-13-18-6-9-21(10-7-18)26-17-20-4-2-1-3-5-20/h1-7,9-10,19,23H,8,11-17H2,(H,24,25). The van der Waals surface area contributed by atoms with Gasteiger partial charge in [-0.2, -0.15) is 0 Å². The molecule has 1 heterocycles. The molecule has 2 N–H and O–H groups in total. The average molecular weight is 352 g/mol. The summed E-state index contributed by atoms with van der Waals surface area (Å²) in [7, 11) is 0. The van der Waals surface area contributed by atoms with Crippen molar-refractivity contribution in [3.63, 3.8) is 0 Å². The summed E-state index contributed by atoms with van der Waals surface area (Å²) < 4.78 is 5.80. The lowest BCUT2D eigenvalue weighted by molar-refractivity contribution is -0.121. The van der Waals surface area contributed by atoms with Crippen molar-refractivity contribution in [3.8, 4) is 5.75 Å². The summed E-state index contributed by atoms with van der Waals surface area (Å²) in [5, 5.41) is 6.37. The number of hydrogen-bond acceptors (Lipinski definition) is 3. The van der Waals surface area contributed by atoms with Crippen molar-refractivity contribution in [2.75, 3.05) is 19.6 Å². The van der Waals surface area contributed by atoms with Crippen molar-refractivity contribution >= 4 is 5.91 Å². The van der Waals surface area contributed by atoms with Crippen LogP contribution < -0.4 is 15.4 Å². The second-order valence-electron chi connectivity index (χ2n) is 6.92. The van der Waals surface area contributed by atoms with E-state index in [1.54, 1.807) is 0 Å². The van der Waals surface area contributed by atoms with Gasteiger partial charge in [-0.05, 0) is 61.5 Å². The lowest BCUT2D eigenvalue weighted by Gasteiger charge is -2.09. The molecule has 0 saturated carbocycles. The summed E-state index contributed by atoms with van der Waals surface area (Å²) in [6.07, 6.45) is 3.67. The number of nitrogens with one attached hydrogen (secondary N) is 2. The van der Waals surface area contributed by atoms with E-state index in [-0.39, 0.29) is 5.91 Å². The van der Waals surface area contributed by atoms with Crippen LogP contribution in [0.2, 0.25) is 0 Å². The van der Waals surface area contributed by atoms with Gasteiger partial charge in [-0.1, -0.05) is 42.5 Å². The fourth-order valence-corrected chi connectivity index (χ4v) is 3.22. The van der Waals surface area contributed by atoms with Crippen molar-refractivity contribution in [2.24, 2.45) is 5.92 Å². The number of benzene rings is 2. The highest BCUT2D eigenvalue weighted by atomic mass is 16.5. The van der Waals surface area contributed by atoms with E-state index in [4.69, 9.17) is 4.74 Å². The summed E-state index contributed by atoms with van der Waals surface area (Å²) in [6.45, 7) is 3.42. The molecule has 1 atom stereocenters. The van der Waals surface area contributed by atoms with E-state index in [9.17, 15) is 4.79 Å². The van der Waals surface area contributed by atoms with Crippen molar-refractivity contribution in [1.82, 2.24) is 10.6 Å². The minimum Gasteiger partial charge on any atom is -0.489 e. The normalized spacial score (nSPS) is 16.4. The van der Waals surface area contributed by atoms with Gasteiger partial charge < -0.3 is 15.4 Å². The molecule has 26 heavy (non-hydrogen) atoms. The van der Waals surface area contributed by atoms with Crippen LogP contribution in [0.1, 0.15) is 30.4 Å². The molecule has 0 radical (unpaired) electrons. The molecule has 2 aromatic rings. The Morgan fingerprint density at radius 1 is 1.08 bits per heavy atom. The highest BCUT2D eigenvalue weighted by Gasteiger charge is 2.15. The number of amides is 1. The lowest BCUT2D eigenvalue weighted by atomic mass is 10.0. The minimum atomic E-state index is 0.166. The molecule has 0 aromatic heterocycles. The molecule has 0 bridgehead atoms. The Morgan fingerprint density at radius 2 is 1.88 bits per heavy atom. The second-order valence-corrected chi connectivity index (χ2v) is 6.92. The Hall–Kier alpha value is -2.33. The number of hydrogen-bond donors (Lipinski definition) is 2. The Kier molecular flexibility index (Phi) is 7.08. The van der Waals surface area contributed by atoms with Crippen LogP contribution in [-0.4, -0.2) is 25.5 Å². The molecule has 3 rings (SSSR count). The molecule has 1 aliphatic heterocycles. The van der Waals surface area contributed by atoms with Crippen LogP contribution in [0.5, 0.6) is 5.75 Å². The minimum absolute atomic E-state index is 0.166. The van der Waals surface area contributed by atoms with Crippen LogP contribution in [0.3, 0.4) is 0 Å². The quantitative estimate of drug-likeness (QED) is 0.728. The summed E-state index contributed by atoms with van der Waals surface area (Å²) in [4.78, 5) is 11.9. The van der Waals surface area contributed by atoms with Crippen molar-refractivity contribution < 1.29 is 9.53 Å². The largest absolute Gasteiger partial charge is 0.489 e. The molecular formula is C22H28N2O2. The van der Waals surface area contributed by atoms with Gasteiger partial charge in [0.1, 0.15) is 12.4 Å². The highest BCUT2D eigenvalue weighted by Crippen LogP contribution is 2.15. The maximum atomic E-state index is 11.9. The van der Waals surface area contributed by atoms with Crippen LogP contribution in [-0.2, 0) is 17.8 Å². The molecule has 4 nitrogen and oxygen atoms in total. The molecule has 0 aliphatic carbocycles. The molecule has 1 fully saturated rings. The second kappa shape index (κ2) is 9.97. The van der Waals surface area contributed by atoms with Crippen LogP contribution in [0, 0.1) is 5.92 Å². The van der Waals surface area contributed by atoms with E-state index in [0.717, 1.165) is 37.2 Å². The maximum Gasteiger partial charge on any atom is 0.220 e. The van der Waals surface area contributed by atoms with Crippen LogP contribution in [0.25, 0.3) is 0 Å². The van der Waals surface area contributed by atoms with Gasteiger partial charge in [-0.3, -0.25) is 4.79 Å². The SMILES string of the molecule is O=C(CCC1CCNC1)NCCc1ccc(OCc2ccccc2)cc1. The van der Waals surface area contributed by atoms with Crippen LogP contribution in [0.15, 0.2) is 54.6 Å². The molecular weight excluding hydrogens is 324 g/mol. The predicted octanol–water partition coefficient (Wildman–Crippen LogP) is 3.31. The van der Waals surface area contributed by atoms with Crippen LogP contribution in [0.4, 0.5) is 0 Å². The first-order chi connectivity index (χ1) is 12.8. The zero-order valence-electron chi connectivity index (χ0n) is 15.2. The van der Waals surface area contributed by atoms with Gasteiger partial charge in [0.15, 0.2) is 0 Å². The van der Waals surface area contributed by atoms with Gasteiger partial charge in [0.2, 0.25) is 5.91 Å². The zero-order valence-corrected chi connectivity index (χ0v) is 15.2. The maximum absolute atomic E-state index is 11.9. The Morgan fingerprint density at radius 3 is 2.62 bits per heavy atom. The molecule has 1 amide bonds. The van der Waals surface area contributed by atoms with Gasteiger partial charge in [0.05, 0.1) is 0 Å². The fourth-order valence-electron chi connectivity index (χ4n) is 3.22. The number of carbonyl (C=O) groups excluding carboxylic acids is 1. The topological polar surface area (TPSA) is 50.4 Å². The highest BCUT2D eigenvalue weighted by molar-refractivity contribution is 5.75. The lowest BCUT2D eigenvalue weighted by Crippen LogP contribution is -2.26. The molecule has 138 valence electrons. The third-order valence-corrected chi connectivity index (χ3v) is 4.85. The van der Waals surface area contributed by atoms with E-state index < -0.39 is 0 Å². The molecule has 0 spiro atoms. The first-order valence-electron chi connectivity index (χ1n) is 9.53. The van der Waals surface area contributed by atoms with E-state index in [1.807, 2.05) is 30.3 Å². The predicted molar refractivity (Wildman–Crippen MR) is 104 cm³/mol. The number of carbonyl (C=O) groups is 1. The number of rotatable bonds is 9. The molecule has 1 saturated heterocycles. The Bertz CT molecular complexity index is 664. The van der Waals surface area contributed by atoms with Gasteiger partial charge in [-0.25, -0.2) is 0 Å². The zero-order chi connectivity index (χ0) is 18.0. The Labute approximate surface area is 156 Å². The Balaban J connectivity index is 1.32. The third-order valence-electron chi connectivity index (χ3n) is 4.85. The van der Waals surface area contributed by atoms with Crippen molar-refractivity contribution in [1.29, 1.82) is 0 Å². The average Bonchev–Trinajstić information content (AvgIpc) is 3.20. The summed E-state index contributed by atoms with van der Waals surface area (Å²) >= 11 is 0. The van der Waals surface area contributed by atoms with Gasteiger partial charge in [0.25, 0.3) is 0 Å². The molecule has 2 aromatic carbocycles. The van der Waals surface area contributed by atoms with E-state index in [2.05, 4.69) is 34.9 Å². The van der Waals surface area contributed by atoms with E-state index >= 15 is 0 Å². The summed E-state index contributed by atoms with van der Waals surface area (Å²) in [5.74, 6) is 1.70. The van der Waals surface area contributed by atoms with Crippen LogP contribution >= 0.6 is 0 Å².